The van der Waals surface area contributed by atoms with Gasteiger partial charge in [0.2, 0.25) is 5.88 Å². The molecule has 2 amide bonds. The van der Waals surface area contributed by atoms with Crippen LogP contribution in [0.25, 0.3) is 0 Å². The Labute approximate surface area is 256 Å². The zero-order valence-corrected chi connectivity index (χ0v) is 25.3. The quantitative estimate of drug-likeness (QED) is 0.338. The zero-order valence-electron chi connectivity index (χ0n) is 24.5. The van der Waals surface area contributed by atoms with Gasteiger partial charge in [-0.05, 0) is 68.6 Å². The lowest BCUT2D eigenvalue weighted by atomic mass is 9.86. The topological polar surface area (TPSA) is 148 Å². The van der Waals surface area contributed by atoms with Gasteiger partial charge in [-0.3, -0.25) is 19.4 Å². The van der Waals surface area contributed by atoms with Crippen LogP contribution in [0.4, 0.5) is 5.82 Å². The second-order valence-electron chi connectivity index (χ2n) is 11.3. The second-order valence-corrected chi connectivity index (χ2v) is 11.7. The van der Waals surface area contributed by atoms with Crippen LogP contribution in [0, 0.1) is 5.92 Å². The summed E-state index contributed by atoms with van der Waals surface area (Å²) in [6, 6.07) is 7.79. The Morgan fingerprint density at radius 2 is 1.72 bits per heavy atom. The molecule has 0 aliphatic carbocycles. The number of methoxy groups -OCH3 is 2. The summed E-state index contributed by atoms with van der Waals surface area (Å²) >= 11 is 6.07. The molecule has 6 rings (SSSR count). The van der Waals surface area contributed by atoms with E-state index in [1.54, 1.807) is 31.4 Å². The summed E-state index contributed by atoms with van der Waals surface area (Å²) in [6.07, 6.45) is 2.48. The summed E-state index contributed by atoms with van der Waals surface area (Å²) in [6.45, 7) is 5.30. The summed E-state index contributed by atoms with van der Waals surface area (Å²) in [5.41, 5.74) is 6.85. The van der Waals surface area contributed by atoms with E-state index >= 15 is 0 Å². The number of anilines is 1. The molecule has 0 radical (unpaired) electrons. The van der Waals surface area contributed by atoms with E-state index in [1.807, 2.05) is 0 Å². The lowest BCUT2D eigenvalue weighted by molar-refractivity contribution is -0.0455. The first kappa shape index (κ1) is 31.0. The molecule has 4 saturated heterocycles. The van der Waals surface area contributed by atoms with Crippen molar-refractivity contribution in [2.24, 2.45) is 5.92 Å². The number of amides is 2. The van der Waals surface area contributed by atoms with E-state index in [9.17, 15) is 14.4 Å². The average Bonchev–Trinajstić information content (AvgIpc) is 3.03. The van der Waals surface area contributed by atoms with E-state index in [0.29, 0.717) is 49.6 Å². The summed E-state index contributed by atoms with van der Waals surface area (Å²) in [5, 5.41) is 6.11. The van der Waals surface area contributed by atoms with Gasteiger partial charge in [0.15, 0.2) is 0 Å². The van der Waals surface area contributed by atoms with Gasteiger partial charge in [-0.15, -0.1) is 0 Å². The molecular weight excluding hydrogens is 576 g/mol. The first-order chi connectivity index (χ1) is 20.7. The third-order valence-corrected chi connectivity index (χ3v) is 8.92. The third-order valence-electron chi connectivity index (χ3n) is 8.62. The number of piperidine rings is 4. The van der Waals surface area contributed by atoms with Crippen molar-refractivity contribution < 1.29 is 28.6 Å². The van der Waals surface area contributed by atoms with Crippen LogP contribution in [0.15, 0.2) is 30.3 Å². The first-order valence-electron chi connectivity index (χ1n) is 14.6. The van der Waals surface area contributed by atoms with Crippen molar-refractivity contribution in [1.82, 2.24) is 25.4 Å². The number of aromatic nitrogens is 1. The summed E-state index contributed by atoms with van der Waals surface area (Å²) < 4.78 is 16.7. The number of rotatable bonds is 10. The Morgan fingerprint density at radius 3 is 2.37 bits per heavy atom. The largest absolute Gasteiger partial charge is 0.480 e. The molecule has 0 saturated carbocycles. The number of benzene rings is 1. The second kappa shape index (κ2) is 13.9. The maximum absolute atomic E-state index is 13.0. The van der Waals surface area contributed by atoms with E-state index in [2.05, 4.69) is 25.4 Å². The monoisotopic (exact) mass is 614 g/mol. The molecule has 43 heavy (non-hydrogen) atoms. The molecule has 5 heterocycles. The highest BCUT2D eigenvalue weighted by atomic mass is 35.5. The molecular formula is C30H39ClN6O6. The Hall–Kier alpha value is -3.45. The lowest BCUT2D eigenvalue weighted by Gasteiger charge is -2.43. The SMILES string of the molecule is COc1nc(N)c(Cl)cc1C(=O)N[C@@H]1CCN(CCNC(=O)c2ccc(C(=O)O[C@H]3CN4CCC3CC4)cc2)C[C@@H]1OC. The van der Waals surface area contributed by atoms with E-state index in [0.717, 1.165) is 32.5 Å². The molecule has 0 unspecified atom stereocenters. The fourth-order valence-electron chi connectivity index (χ4n) is 6.07. The number of halogens is 1. The standard InChI is InChI=1S/C30H39ClN6O6/c1-41-25-17-37(13-9-23(25)34-28(39)21-15-22(31)26(32)35-29(21)42-2)14-10-33-27(38)19-3-5-20(6-4-19)30(40)43-24-16-36-11-7-18(24)8-12-36/h3-6,15,18,23-25H,7-14,16-17H2,1-2H3,(H2,32,35)(H,33,38)(H,34,39)/t23-,24+,25+/m1/s1. The van der Waals surface area contributed by atoms with Crippen molar-refractivity contribution in [2.45, 2.75) is 37.5 Å². The van der Waals surface area contributed by atoms with Crippen LogP contribution in [0.5, 0.6) is 5.88 Å². The van der Waals surface area contributed by atoms with Crippen LogP contribution in [-0.2, 0) is 9.47 Å². The Morgan fingerprint density at radius 1 is 1.00 bits per heavy atom. The van der Waals surface area contributed by atoms with Gasteiger partial charge in [-0.25, -0.2) is 4.79 Å². The number of ether oxygens (including phenoxy) is 3. The number of pyridine rings is 1. The molecule has 3 atom stereocenters. The van der Waals surface area contributed by atoms with Gasteiger partial charge in [0.05, 0.1) is 29.8 Å². The maximum Gasteiger partial charge on any atom is 0.338 e. The molecule has 2 bridgehead atoms. The molecule has 0 spiro atoms. The van der Waals surface area contributed by atoms with Crippen molar-refractivity contribution in [3.8, 4) is 5.88 Å². The van der Waals surface area contributed by atoms with Gasteiger partial charge >= 0.3 is 5.97 Å². The number of nitrogens with zero attached hydrogens (tertiary/aromatic N) is 3. The van der Waals surface area contributed by atoms with Crippen molar-refractivity contribution in [3.05, 3.63) is 52.0 Å². The predicted octanol–water partition coefficient (Wildman–Crippen LogP) is 1.83. The molecule has 12 nitrogen and oxygen atoms in total. The Kier molecular flexibility index (Phi) is 10.0. The van der Waals surface area contributed by atoms with Gasteiger partial charge < -0.3 is 30.6 Å². The summed E-state index contributed by atoms with van der Waals surface area (Å²) in [4.78, 5) is 47.0. The predicted molar refractivity (Wildman–Crippen MR) is 160 cm³/mol. The van der Waals surface area contributed by atoms with E-state index in [4.69, 9.17) is 31.5 Å². The minimum absolute atomic E-state index is 0.0549. The lowest BCUT2D eigenvalue weighted by Crippen LogP contribution is -2.55. The van der Waals surface area contributed by atoms with Gasteiger partial charge in [0.25, 0.3) is 11.8 Å². The van der Waals surface area contributed by atoms with Crippen LogP contribution in [0.2, 0.25) is 5.02 Å². The van der Waals surface area contributed by atoms with Crippen LogP contribution < -0.4 is 21.1 Å². The normalized spacial score (nSPS) is 25.1. The molecule has 4 N–H and O–H groups in total. The molecule has 13 heteroatoms. The fraction of sp³-hybridized carbons (Fsp3) is 0.533. The number of hydrogen-bond donors (Lipinski definition) is 3. The number of carbonyl (C=O) groups is 3. The maximum atomic E-state index is 13.0. The van der Waals surface area contributed by atoms with Crippen molar-refractivity contribution in [1.29, 1.82) is 0 Å². The molecule has 232 valence electrons. The molecule has 2 aromatic rings. The number of nitrogens with one attached hydrogen (secondary N) is 2. The molecule has 4 fully saturated rings. The Bertz CT molecular complexity index is 1320. The smallest absolute Gasteiger partial charge is 0.338 e. The first-order valence-corrected chi connectivity index (χ1v) is 15.0. The minimum Gasteiger partial charge on any atom is -0.480 e. The van der Waals surface area contributed by atoms with Crippen molar-refractivity contribution in [2.75, 3.05) is 65.8 Å². The van der Waals surface area contributed by atoms with Gasteiger partial charge in [-0.1, -0.05) is 11.6 Å². The highest BCUT2D eigenvalue weighted by Crippen LogP contribution is 2.30. The highest BCUT2D eigenvalue weighted by Gasteiger charge is 2.36. The number of fused-ring (bicyclic) bond motifs is 3. The Balaban J connectivity index is 1.06. The van der Waals surface area contributed by atoms with E-state index < -0.39 is 0 Å². The summed E-state index contributed by atoms with van der Waals surface area (Å²) in [5.74, 6) is -0.309. The number of nitrogens with two attached hydrogens (primary N) is 1. The van der Waals surface area contributed by atoms with Crippen LogP contribution >= 0.6 is 11.6 Å². The van der Waals surface area contributed by atoms with Gasteiger partial charge in [0.1, 0.15) is 17.5 Å². The minimum atomic E-state index is -0.378. The van der Waals surface area contributed by atoms with Gasteiger partial charge in [-0.2, -0.15) is 4.98 Å². The van der Waals surface area contributed by atoms with Crippen molar-refractivity contribution in [3.63, 3.8) is 0 Å². The highest BCUT2D eigenvalue weighted by molar-refractivity contribution is 6.33. The van der Waals surface area contributed by atoms with E-state index in [-0.39, 0.29) is 58.3 Å². The molecule has 4 aliphatic rings. The zero-order chi connectivity index (χ0) is 30.5. The molecule has 1 aromatic carbocycles. The van der Waals surface area contributed by atoms with Crippen LogP contribution in [0.3, 0.4) is 0 Å². The van der Waals surface area contributed by atoms with Crippen LogP contribution in [0.1, 0.15) is 50.3 Å². The molecule has 4 aliphatic heterocycles. The number of hydrogen-bond acceptors (Lipinski definition) is 10. The summed E-state index contributed by atoms with van der Waals surface area (Å²) in [7, 11) is 3.01. The van der Waals surface area contributed by atoms with Crippen molar-refractivity contribution >= 4 is 35.2 Å². The van der Waals surface area contributed by atoms with Crippen LogP contribution in [-0.4, -0.2) is 111 Å². The number of likely N-dealkylation sites (tertiary alicyclic amines) is 1. The number of esters is 1. The van der Waals surface area contributed by atoms with E-state index in [1.165, 1.54) is 13.2 Å². The van der Waals surface area contributed by atoms with Gasteiger partial charge in [0, 0.05) is 45.4 Å². The number of carbonyl (C=O) groups excluding carboxylic acids is 3. The average molecular weight is 615 g/mol. The molecule has 1 aromatic heterocycles. The fourth-order valence-corrected chi connectivity index (χ4v) is 6.23. The number of nitrogen functional groups attached to an aromatic ring is 1. The third kappa shape index (κ3) is 7.38.